The maximum Gasteiger partial charge on any atom is 0.134 e. The second kappa shape index (κ2) is 4.68. The minimum Gasteiger partial charge on any atom is -0.302 e. The Kier molecular flexibility index (Phi) is 2.91. The molecule has 6 rings (SSSR count). The summed E-state index contributed by atoms with van der Waals surface area (Å²) in [5.74, 6) is 5.69. The molecule has 20 heavy (non-hydrogen) atoms. The second-order valence-electron chi connectivity index (χ2n) is 7.31. The summed E-state index contributed by atoms with van der Waals surface area (Å²) >= 11 is 3.44. The zero-order valence-electron chi connectivity index (χ0n) is 11.7. The van der Waals surface area contributed by atoms with Crippen LogP contribution in [0.2, 0.25) is 0 Å². The fourth-order valence-corrected chi connectivity index (χ4v) is 6.76. The van der Waals surface area contributed by atoms with Crippen molar-refractivity contribution in [2.75, 3.05) is 25.4 Å². The lowest BCUT2D eigenvalue weighted by Crippen LogP contribution is -2.56. The lowest BCUT2D eigenvalue weighted by atomic mass is 9.61. The molecule has 5 aliphatic rings. The number of hydrogen-bond acceptors (Lipinski definition) is 5. The van der Waals surface area contributed by atoms with Crippen LogP contribution in [0.5, 0.6) is 0 Å². The fourth-order valence-electron chi connectivity index (χ4n) is 4.83. The number of hydrogen-bond donors (Lipinski definition) is 0. The number of aromatic nitrogens is 2. The normalized spacial score (nSPS) is 42.3. The van der Waals surface area contributed by atoms with Crippen LogP contribution >= 0.6 is 23.5 Å². The summed E-state index contributed by atoms with van der Waals surface area (Å²) < 4.78 is 9.38. The summed E-state index contributed by atoms with van der Waals surface area (Å²) in [4.78, 5) is 2.71. The highest BCUT2D eigenvalue weighted by Gasteiger charge is 2.49. The molecule has 108 valence electrons. The molecule has 5 fully saturated rings. The van der Waals surface area contributed by atoms with Crippen LogP contribution in [-0.4, -0.2) is 39.0 Å². The van der Waals surface area contributed by atoms with E-state index in [-0.39, 0.29) is 0 Å². The van der Waals surface area contributed by atoms with Gasteiger partial charge in [0.2, 0.25) is 0 Å². The molecule has 0 amide bonds. The molecular weight excluding hydrogens is 286 g/mol. The molecule has 0 aromatic carbocycles. The molecule has 4 bridgehead atoms. The Hall–Kier alpha value is -0.130. The van der Waals surface area contributed by atoms with E-state index in [1.54, 1.807) is 0 Å². The summed E-state index contributed by atoms with van der Waals surface area (Å²) in [7, 11) is 0. The highest BCUT2D eigenvalue weighted by molar-refractivity contribution is 7.99. The van der Waals surface area contributed by atoms with E-state index in [4.69, 9.17) is 4.37 Å². The number of thioether (sulfide) groups is 1. The molecule has 5 heteroatoms. The van der Waals surface area contributed by atoms with Gasteiger partial charge in [-0.3, -0.25) is 0 Å². The van der Waals surface area contributed by atoms with E-state index in [2.05, 4.69) is 9.27 Å². The second-order valence-corrected chi connectivity index (χ2v) is 8.85. The molecular formula is C15H21N3S2. The monoisotopic (exact) mass is 307 g/mol. The average molecular weight is 307 g/mol. The van der Waals surface area contributed by atoms with Gasteiger partial charge in [-0.2, -0.15) is 8.75 Å². The van der Waals surface area contributed by atoms with Crippen molar-refractivity contribution in [3.63, 3.8) is 0 Å². The zero-order chi connectivity index (χ0) is 13.1. The lowest BCUT2D eigenvalue weighted by molar-refractivity contribution is -0.0373. The van der Waals surface area contributed by atoms with Crippen molar-refractivity contribution in [3.8, 4) is 0 Å². The van der Waals surface area contributed by atoms with E-state index in [0.29, 0.717) is 0 Å². The topological polar surface area (TPSA) is 29.0 Å². The van der Waals surface area contributed by atoms with Crippen molar-refractivity contribution in [2.45, 2.75) is 36.6 Å². The van der Waals surface area contributed by atoms with Gasteiger partial charge in [-0.1, -0.05) is 0 Å². The third kappa shape index (κ3) is 2.04. The van der Waals surface area contributed by atoms with Crippen LogP contribution in [0.1, 0.15) is 37.3 Å². The SMILES string of the molecule is C1CC1CSc1nsnc1C1C2CC3CC1CN(C3)C2. The van der Waals surface area contributed by atoms with Crippen molar-refractivity contribution in [1.82, 2.24) is 13.6 Å². The molecule has 4 heterocycles. The van der Waals surface area contributed by atoms with Gasteiger partial charge in [0.05, 0.1) is 17.4 Å². The third-order valence-corrected chi connectivity index (χ3v) is 7.61. The van der Waals surface area contributed by atoms with Gasteiger partial charge in [-0.05, 0) is 49.4 Å². The first-order valence-electron chi connectivity index (χ1n) is 8.04. The molecule has 0 radical (unpaired) electrons. The van der Waals surface area contributed by atoms with Crippen molar-refractivity contribution in [3.05, 3.63) is 5.69 Å². The zero-order valence-corrected chi connectivity index (χ0v) is 13.3. The van der Waals surface area contributed by atoms with Crippen molar-refractivity contribution in [1.29, 1.82) is 0 Å². The van der Waals surface area contributed by atoms with E-state index in [1.807, 2.05) is 11.8 Å². The van der Waals surface area contributed by atoms with Gasteiger partial charge >= 0.3 is 0 Å². The van der Waals surface area contributed by atoms with E-state index >= 15 is 0 Å². The molecule has 0 N–H and O–H groups in total. The Bertz CT molecular complexity index is 483. The van der Waals surface area contributed by atoms with Gasteiger partial charge < -0.3 is 4.90 Å². The van der Waals surface area contributed by atoms with Crippen LogP contribution in [0.3, 0.4) is 0 Å². The van der Waals surface area contributed by atoms with Crippen molar-refractivity contribution in [2.24, 2.45) is 23.7 Å². The summed E-state index contributed by atoms with van der Waals surface area (Å²) in [5, 5.41) is 1.29. The van der Waals surface area contributed by atoms with Gasteiger partial charge in [-0.25, -0.2) is 0 Å². The number of piperidine rings is 3. The van der Waals surface area contributed by atoms with E-state index in [0.717, 1.165) is 29.6 Å². The Morgan fingerprint density at radius 1 is 1.10 bits per heavy atom. The maximum absolute atomic E-state index is 4.75. The molecule has 2 atom stereocenters. The van der Waals surface area contributed by atoms with Gasteiger partial charge in [0.15, 0.2) is 0 Å². The van der Waals surface area contributed by atoms with Crippen LogP contribution in [0.4, 0.5) is 0 Å². The quantitative estimate of drug-likeness (QED) is 0.799. The molecule has 2 saturated carbocycles. The first kappa shape index (κ1) is 12.4. The highest BCUT2D eigenvalue weighted by Crippen LogP contribution is 2.52. The van der Waals surface area contributed by atoms with Crippen molar-refractivity contribution < 1.29 is 0 Å². The third-order valence-electron chi connectivity index (χ3n) is 5.74. The molecule has 1 aromatic rings. The summed E-state index contributed by atoms with van der Waals surface area (Å²) in [5.41, 5.74) is 1.38. The summed E-state index contributed by atoms with van der Waals surface area (Å²) in [6.07, 6.45) is 5.76. The Morgan fingerprint density at radius 3 is 2.60 bits per heavy atom. The molecule has 1 aromatic heterocycles. The van der Waals surface area contributed by atoms with E-state index in [1.165, 1.54) is 73.5 Å². The maximum atomic E-state index is 4.75. The predicted molar refractivity (Wildman–Crippen MR) is 82.2 cm³/mol. The van der Waals surface area contributed by atoms with Crippen LogP contribution in [0.15, 0.2) is 5.03 Å². The lowest BCUT2D eigenvalue weighted by Gasteiger charge is -2.55. The Morgan fingerprint density at radius 2 is 1.90 bits per heavy atom. The van der Waals surface area contributed by atoms with Crippen LogP contribution in [0, 0.1) is 23.7 Å². The van der Waals surface area contributed by atoms with Gasteiger partial charge in [0.25, 0.3) is 0 Å². The molecule has 0 spiro atoms. The number of nitrogens with zero attached hydrogens (tertiary/aromatic N) is 3. The predicted octanol–water partition coefficient (Wildman–Crippen LogP) is 3.10. The van der Waals surface area contributed by atoms with Crippen molar-refractivity contribution >= 4 is 23.5 Å². The van der Waals surface area contributed by atoms with Gasteiger partial charge in [0.1, 0.15) is 5.03 Å². The molecule has 3 nitrogen and oxygen atoms in total. The van der Waals surface area contributed by atoms with Crippen LogP contribution in [0.25, 0.3) is 0 Å². The first-order chi connectivity index (χ1) is 9.87. The molecule has 3 saturated heterocycles. The van der Waals surface area contributed by atoms with Crippen LogP contribution < -0.4 is 0 Å². The standard InChI is InChI=1S/C15H21N3S2/c1-2-9(1)8-19-15-14(16-20-17-15)13-11-3-10-4-12(13)7-18(5-10)6-11/h9-13H,1-8H2. The highest BCUT2D eigenvalue weighted by atomic mass is 32.2. The minimum atomic E-state index is 0.725. The number of rotatable bonds is 4. The van der Waals surface area contributed by atoms with Crippen LogP contribution in [-0.2, 0) is 0 Å². The van der Waals surface area contributed by atoms with E-state index < -0.39 is 0 Å². The largest absolute Gasteiger partial charge is 0.302 e. The molecule has 2 unspecified atom stereocenters. The summed E-state index contributed by atoms with van der Waals surface area (Å²) in [6, 6.07) is 0. The smallest absolute Gasteiger partial charge is 0.134 e. The minimum absolute atomic E-state index is 0.725. The first-order valence-corrected chi connectivity index (χ1v) is 9.76. The Balaban J connectivity index is 1.40. The van der Waals surface area contributed by atoms with Gasteiger partial charge in [0, 0.05) is 31.3 Å². The summed E-state index contributed by atoms with van der Waals surface area (Å²) in [6.45, 7) is 4.02. The molecule has 3 aliphatic heterocycles. The molecule has 2 aliphatic carbocycles. The Labute approximate surface area is 128 Å². The average Bonchev–Trinajstić information content (AvgIpc) is 3.14. The van der Waals surface area contributed by atoms with Gasteiger partial charge in [-0.15, -0.1) is 11.8 Å². The van der Waals surface area contributed by atoms with E-state index in [9.17, 15) is 0 Å². The fraction of sp³-hybridized carbons (Fsp3) is 0.867.